The molecule has 5 nitrogen and oxygen atoms in total. The SMILES string of the molecule is Cl.NC1CCC2CN(C(=O)C3CCCCC3C(=O)N3CCCC3)CC12. The third-order valence-electron chi connectivity index (χ3n) is 7.04. The van der Waals surface area contributed by atoms with Gasteiger partial charge in [0, 0.05) is 44.1 Å². The molecule has 25 heavy (non-hydrogen) atoms. The van der Waals surface area contributed by atoms with Gasteiger partial charge in [-0.25, -0.2) is 0 Å². The minimum atomic E-state index is -0.0816. The Labute approximate surface area is 157 Å². The van der Waals surface area contributed by atoms with Gasteiger partial charge in [0.25, 0.3) is 0 Å². The van der Waals surface area contributed by atoms with Gasteiger partial charge >= 0.3 is 0 Å². The zero-order valence-electron chi connectivity index (χ0n) is 15.1. The normalized spacial score (nSPS) is 37.7. The zero-order chi connectivity index (χ0) is 16.7. The van der Waals surface area contributed by atoms with Crippen LogP contribution in [0.5, 0.6) is 0 Å². The number of halogens is 1. The van der Waals surface area contributed by atoms with Crippen LogP contribution in [-0.4, -0.2) is 53.8 Å². The van der Waals surface area contributed by atoms with Crippen molar-refractivity contribution < 1.29 is 9.59 Å². The zero-order valence-corrected chi connectivity index (χ0v) is 15.9. The molecule has 0 radical (unpaired) electrons. The first-order valence-electron chi connectivity index (χ1n) is 9.98. The molecule has 0 spiro atoms. The molecule has 6 heteroatoms. The van der Waals surface area contributed by atoms with E-state index in [9.17, 15) is 9.59 Å². The summed E-state index contributed by atoms with van der Waals surface area (Å²) in [4.78, 5) is 30.2. The molecule has 142 valence electrons. The van der Waals surface area contributed by atoms with Crippen LogP contribution in [0.3, 0.4) is 0 Å². The number of nitrogens with two attached hydrogens (primary N) is 1. The Morgan fingerprint density at radius 3 is 1.96 bits per heavy atom. The van der Waals surface area contributed by atoms with Crippen molar-refractivity contribution in [2.45, 2.75) is 57.4 Å². The maximum atomic E-state index is 13.2. The smallest absolute Gasteiger partial charge is 0.226 e. The topological polar surface area (TPSA) is 66.6 Å². The Morgan fingerprint density at radius 1 is 0.760 bits per heavy atom. The van der Waals surface area contributed by atoms with Gasteiger partial charge in [0.15, 0.2) is 0 Å². The summed E-state index contributed by atoms with van der Waals surface area (Å²) in [5, 5.41) is 0. The van der Waals surface area contributed by atoms with E-state index in [-0.39, 0.29) is 42.1 Å². The molecular formula is C19H32ClN3O2. The van der Waals surface area contributed by atoms with Gasteiger partial charge in [-0.1, -0.05) is 12.8 Å². The molecule has 2 amide bonds. The maximum Gasteiger partial charge on any atom is 0.226 e. The molecule has 4 aliphatic rings. The third-order valence-corrected chi connectivity index (χ3v) is 7.04. The maximum absolute atomic E-state index is 13.2. The van der Waals surface area contributed by atoms with Crippen LogP contribution in [0.4, 0.5) is 0 Å². The van der Waals surface area contributed by atoms with Gasteiger partial charge in [0.1, 0.15) is 0 Å². The van der Waals surface area contributed by atoms with E-state index >= 15 is 0 Å². The first-order chi connectivity index (χ1) is 11.6. The van der Waals surface area contributed by atoms with Crippen molar-refractivity contribution in [1.29, 1.82) is 0 Å². The van der Waals surface area contributed by atoms with Crippen LogP contribution in [0.1, 0.15) is 51.4 Å². The Hall–Kier alpha value is -0.810. The number of rotatable bonds is 2. The molecule has 5 atom stereocenters. The number of nitrogens with zero attached hydrogens (tertiary/aromatic N) is 2. The first kappa shape index (κ1) is 19.0. The van der Waals surface area contributed by atoms with Crippen LogP contribution in [0.25, 0.3) is 0 Å². The predicted octanol–water partition coefficient (Wildman–Crippen LogP) is 2.03. The molecule has 2 aliphatic heterocycles. The monoisotopic (exact) mass is 369 g/mol. The van der Waals surface area contributed by atoms with E-state index in [0.717, 1.165) is 77.5 Å². The summed E-state index contributed by atoms with van der Waals surface area (Å²) >= 11 is 0. The Bertz CT molecular complexity index is 509. The lowest BCUT2D eigenvalue weighted by Gasteiger charge is -2.35. The second-order valence-electron chi connectivity index (χ2n) is 8.44. The second-order valence-corrected chi connectivity index (χ2v) is 8.44. The standard InChI is InChI=1S/C19H31N3O2.ClH/c20-17-8-7-13-11-22(12-16(13)17)19(24)15-6-2-1-5-14(15)18(23)21-9-3-4-10-21;/h13-17H,1-12,20H2;1H. The summed E-state index contributed by atoms with van der Waals surface area (Å²) < 4.78 is 0. The number of hydrogen-bond acceptors (Lipinski definition) is 3. The minimum absolute atomic E-state index is 0. The van der Waals surface area contributed by atoms with E-state index in [1.807, 2.05) is 4.90 Å². The molecule has 5 unspecified atom stereocenters. The molecule has 0 aromatic heterocycles. The van der Waals surface area contributed by atoms with Crippen molar-refractivity contribution in [2.75, 3.05) is 26.2 Å². The third kappa shape index (κ3) is 3.55. The second kappa shape index (κ2) is 7.83. The Kier molecular flexibility index (Phi) is 5.94. The number of carbonyl (C=O) groups is 2. The Balaban J connectivity index is 0.00000182. The van der Waals surface area contributed by atoms with Crippen molar-refractivity contribution in [3.63, 3.8) is 0 Å². The van der Waals surface area contributed by atoms with Crippen LogP contribution in [0.2, 0.25) is 0 Å². The fourth-order valence-electron chi connectivity index (χ4n) is 5.62. The fourth-order valence-corrected chi connectivity index (χ4v) is 5.62. The van der Waals surface area contributed by atoms with Gasteiger partial charge < -0.3 is 15.5 Å². The lowest BCUT2D eigenvalue weighted by atomic mass is 9.77. The van der Waals surface area contributed by atoms with Gasteiger partial charge in [-0.2, -0.15) is 0 Å². The van der Waals surface area contributed by atoms with Crippen LogP contribution >= 0.6 is 12.4 Å². The van der Waals surface area contributed by atoms with E-state index in [1.54, 1.807) is 0 Å². The van der Waals surface area contributed by atoms with Crippen molar-refractivity contribution in [3.05, 3.63) is 0 Å². The van der Waals surface area contributed by atoms with Crippen molar-refractivity contribution in [3.8, 4) is 0 Å². The summed E-state index contributed by atoms with van der Waals surface area (Å²) in [7, 11) is 0. The van der Waals surface area contributed by atoms with Gasteiger partial charge in [-0.3, -0.25) is 9.59 Å². The van der Waals surface area contributed by atoms with Crippen LogP contribution in [0, 0.1) is 23.7 Å². The molecule has 2 aliphatic carbocycles. The molecule has 2 saturated carbocycles. The molecule has 0 bridgehead atoms. The van der Waals surface area contributed by atoms with Crippen LogP contribution < -0.4 is 5.73 Å². The molecule has 0 aromatic carbocycles. The summed E-state index contributed by atoms with van der Waals surface area (Å²) in [5.74, 6) is 1.43. The molecule has 4 rings (SSSR count). The lowest BCUT2D eigenvalue weighted by molar-refractivity contribution is -0.147. The highest BCUT2D eigenvalue weighted by Gasteiger charge is 2.46. The molecule has 0 aromatic rings. The minimum Gasteiger partial charge on any atom is -0.342 e. The first-order valence-corrected chi connectivity index (χ1v) is 9.98. The number of fused-ring (bicyclic) bond motifs is 1. The highest BCUT2D eigenvalue weighted by molar-refractivity contribution is 5.88. The van der Waals surface area contributed by atoms with Gasteiger partial charge in [-0.05, 0) is 50.4 Å². The van der Waals surface area contributed by atoms with E-state index < -0.39 is 0 Å². The molecule has 2 heterocycles. The molecule has 2 saturated heterocycles. The lowest BCUT2D eigenvalue weighted by Crippen LogP contribution is -2.46. The predicted molar refractivity (Wildman–Crippen MR) is 99.3 cm³/mol. The Morgan fingerprint density at radius 2 is 1.36 bits per heavy atom. The summed E-state index contributed by atoms with van der Waals surface area (Å²) in [6.07, 6.45) is 8.46. The van der Waals surface area contributed by atoms with Gasteiger partial charge in [-0.15, -0.1) is 12.4 Å². The number of carbonyl (C=O) groups excluding carboxylic acids is 2. The van der Waals surface area contributed by atoms with Gasteiger partial charge in [0.05, 0.1) is 0 Å². The van der Waals surface area contributed by atoms with Crippen molar-refractivity contribution >= 4 is 24.2 Å². The number of amides is 2. The van der Waals surface area contributed by atoms with Crippen molar-refractivity contribution in [1.82, 2.24) is 9.80 Å². The number of hydrogen-bond donors (Lipinski definition) is 1. The van der Waals surface area contributed by atoms with E-state index in [2.05, 4.69) is 4.90 Å². The summed E-state index contributed by atoms with van der Waals surface area (Å²) in [6, 6.07) is 0.265. The molecule has 4 fully saturated rings. The van der Waals surface area contributed by atoms with Gasteiger partial charge in [0.2, 0.25) is 11.8 Å². The van der Waals surface area contributed by atoms with E-state index in [4.69, 9.17) is 5.73 Å². The van der Waals surface area contributed by atoms with E-state index in [1.165, 1.54) is 0 Å². The molecule has 2 N–H and O–H groups in total. The highest BCUT2D eigenvalue weighted by Crippen LogP contribution is 2.40. The quantitative estimate of drug-likeness (QED) is 0.809. The van der Waals surface area contributed by atoms with Crippen LogP contribution in [-0.2, 0) is 9.59 Å². The van der Waals surface area contributed by atoms with Crippen LogP contribution in [0.15, 0.2) is 0 Å². The van der Waals surface area contributed by atoms with E-state index in [0.29, 0.717) is 11.8 Å². The van der Waals surface area contributed by atoms with Crippen molar-refractivity contribution in [2.24, 2.45) is 29.4 Å². The fraction of sp³-hybridized carbons (Fsp3) is 0.895. The average Bonchev–Trinajstić information content (AvgIpc) is 3.32. The highest BCUT2D eigenvalue weighted by atomic mass is 35.5. The average molecular weight is 370 g/mol. The molecular weight excluding hydrogens is 338 g/mol. The largest absolute Gasteiger partial charge is 0.342 e. The number of likely N-dealkylation sites (tertiary alicyclic amines) is 2. The summed E-state index contributed by atoms with van der Waals surface area (Å²) in [5.41, 5.74) is 6.22. The summed E-state index contributed by atoms with van der Waals surface area (Å²) in [6.45, 7) is 3.47.